The van der Waals surface area contributed by atoms with Gasteiger partial charge in [0, 0.05) is 21.7 Å². The van der Waals surface area contributed by atoms with Crippen LogP contribution in [0.15, 0.2) is 65.2 Å². The number of halogens is 1. The van der Waals surface area contributed by atoms with Crippen LogP contribution >= 0.6 is 11.6 Å². The summed E-state index contributed by atoms with van der Waals surface area (Å²) in [5.41, 5.74) is 5.62. The van der Waals surface area contributed by atoms with Crippen LogP contribution in [-0.4, -0.2) is 16.4 Å². The summed E-state index contributed by atoms with van der Waals surface area (Å²) < 4.78 is 11.4. The fourth-order valence-electron chi connectivity index (χ4n) is 3.20. The second-order valence-electron chi connectivity index (χ2n) is 6.93. The third-order valence-corrected chi connectivity index (χ3v) is 5.17. The van der Waals surface area contributed by atoms with Gasteiger partial charge in [0.1, 0.15) is 12.0 Å². The summed E-state index contributed by atoms with van der Waals surface area (Å²) >= 11 is 6.20. The van der Waals surface area contributed by atoms with Gasteiger partial charge in [-0.1, -0.05) is 59.2 Å². The molecule has 4 aromatic rings. The van der Waals surface area contributed by atoms with Crippen LogP contribution in [0.4, 0.5) is 0 Å². The highest BCUT2D eigenvalue weighted by atomic mass is 35.5. The third kappa shape index (κ3) is 4.11. The van der Waals surface area contributed by atoms with Crippen molar-refractivity contribution in [1.82, 2.24) is 10.1 Å². The molecule has 3 aromatic carbocycles. The molecule has 0 unspecified atom stereocenters. The zero-order valence-electron chi connectivity index (χ0n) is 16.6. The molecule has 0 aliphatic carbocycles. The first-order valence-corrected chi connectivity index (χ1v) is 9.80. The number of hydrogen-bond donors (Lipinski definition) is 0. The Balaban J connectivity index is 1.58. The van der Waals surface area contributed by atoms with E-state index < -0.39 is 0 Å². The summed E-state index contributed by atoms with van der Waals surface area (Å²) in [7, 11) is 0. The average molecular weight is 419 g/mol. The Labute approximate surface area is 179 Å². The third-order valence-electron chi connectivity index (χ3n) is 4.94. The SMILES string of the molecule is Cc1ccc(OCc2nc(-c3ccc(C=O)cc3)no2)c(-c2cccc(Cl)c2)c1C. The molecule has 0 fully saturated rings. The number of rotatable bonds is 6. The van der Waals surface area contributed by atoms with Crippen molar-refractivity contribution in [1.29, 1.82) is 0 Å². The molecular formula is C24H19ClN2O3. The number of carbonyl (C=O) groups excluding carboxylic acids is 1. The zero-order valence-corrected chi connectivity index (χ0v) is 17.3. The van der Waals surface area contributed by atoms with Gasteiger partial charge in [0.2, 0.25) is 5.82 Å². The molecule has 0 N–H and O–H groups in total. The van der Waals surface area contributed by atoms with Crippen LogP contribution < -0.4 is 4.74 Å². The van der Waals surface area contributed by atoms with E-state index in [4.69, 9.17) is 20.9 Å². The highest BCUT2D eigenvalue weighted by molar-refractivity contribution is 6.30. The van der Waals surface area contributed by atoms with Gasteiger partial charge < -0.3 is 9.26 Å². The quantitative estimate of drug-likeness (QED) is 0.356. The van der Waals surface area contributed by atoms with Crippen LogP contribution in [-0.2, 0) is 6.61 Å². The molecular weight excluding hydrogens is 400 g/mol. The minimum atomic E-state index is 0.134. The smallest absolute Gasteiger partial charge is 0.264 e. The molecule has 0 bridgehead atoms. The number of nitrogens with zero attached hydrogens (tertiary/aromatic N) is 2. The normalized spacial score (nSPS) is 10.8. The fourth-order valence-corrected chi connectivity index (χ4v) is 3.39. The molecule has 0 spiro atoms. The fraction of sp³-hybridized carbons (Fsp3) is 0.125. The van der Waals surface area contributed by atoms with Crippen molar-refractivity contribution >= 4 is 17.9 Å². The minimum absolute atomic E-state index is 0.134. The summed E-state index contributed by atoms with van der Waals surface area (Å²) in [5.74, 6) is 1.52. The molecule has 1 heterocycles. The molecule has 1 aromatic heterocycles. The van der Waals surface area contributed by atoms with Crippen LogP contribution in [0, 0.1) is 13.8 Å². The van der Waals surface area contributed by atoms with E-state index in [1.54, 1.807) is 24.3 Å². The molecule has 30 heavy (non-hydrogen) atoms. The Morgan fingerprint density at radius 1 is 1.03 bits per heavy atom. The van der Waals surface area contributed by atoms with Gasteiger partial charge in [-0.2, -0.15) is 4.98 Å². The number of carbonyl (C=O) groups is 1. The topological polar surface area (TPSA) is 65.2 Å². The molecule has 0 radical (unpaired) electrons. The van der Waals surface area contributed by atoms with E-state index in [0.717, 1.165) is 39.9 Å². The summed E-state index contributed by atoms with van der Waals surface area (Å²) in [6, 6.07) is 18.6. The van der Waals surface area contributed by atoms with Crippen molar-refractivity contribution < 1.29 is 14.1 Å². The maximum atomic E-state index is 10.8. The van der Waals surface area contributed by atoms with Crippen molar-refractivity contribution in [3.05, 3.63) is 88.3 Å². The van der Waals surface area contributed by atoms with Crippen molar-refractivity contribution in [2.45, 2.75) is 20.5 Å². The maximum absolute atomic E-state index is 10.8. The standard InChI is InChI=1S/C24H19ClN2O3/c1-15-6-11-21(23(16(15)2)19-4-3-5-20(25)12-19)29-14-22-26-24(27-30-22)18-9-7-17(13-28)8-10-18/h3-13H,14H2,1-2H3. The van der Waals surface area contributed by atoms with Crippen molar-refractivity contribution in [3.8, 4) is 28.3 Å². The number of ether oxygens (including phenoxy) is 1. The lowest BCUT2D eigenvalue weighted by Gasteiger charge is -2.15. The van der Waals surface area contributed by atoms with E-state index in [2.05, 4.69) is 24.0 Å². The van der Waals surface area contributed by atoms with Gasteiger partial charge in [-0.3, -0.25) is 4.79 Å². The number of benzene rings is 3. The monoisotopic (exact) mass is 418 g/mol. The summed E-state index contributed by atoms with van der Waals surface area (Å²) in [5, 5.41) is 4.67. The van der Waals surface area contributed by atoms with E-state index in [9.17, 15) is 4.79 Å². The summed E-state index contributed by atoms with van der Waals surface area (Å²) in [6.45, 7) is 4.26. The summed E-state index contributed by atoms with van der Waals surface area (Å²) in [6.07, 6.45) is 0.792. The van der Waals surface area contributed by atoms with E-state index in [1.807, 2.05) is 36.4 Å². The average Bonchev–Trinajstić information content (AvgIpc) is 3.23. The van der Waals surface area contributed by atoms with Gasteiger partial charge in [-0.25, -0.2) is 0 Å². The molecule has 0 aliphatic rings. The lowest BCUT2D eigenvalue weighted by Crippen LogP contribution is -2.00. The molecule has 0 amide bonds. The van der Waals surface area contributed by atoms with E-state index in [-0.39, 0.29) is 6.61 Å². The zero-order chi connectivity index (χ0) is 21.1. The van der Waals surface area contributed by atoms with Crippen LogP contribution in [0.5, 0.6) is 5.75 Å². The van der Waals surface area contributed by atoms with Gasteiger partial charge in [0.25, 0.3) is 5.89 Å². The molecule has 150 valence electrons. The highest BCUT2D eigenvalue weighted by Crippen LogP contribution is 2.36. The second-order valence-corrected chi connectivity index (χ2v) is 7.37. The van der Waals surface area contributed by atoms with Gasteiger partial charge in [-0.05, 0) is 48.7 Å². The van der Waals surface area contributed by atoms with E-state index in [0.29, 0.717) is 22.3 Å². The Kier molecular flexibility index (Phi) is 5.63. The number of hydrogen-bond acceptors (Lipinski definition) is 5. The predicted octanol–water partition coefficient (Wildman–Crippen LogP) is 6.07. The Hall–Kier alpha value is -3.44. The molecule has 0 saturated heterocycles. The first kappa shape index (κ1) is 19.9. The van der Waals surface area contributed by atoms with Crippen molar-refractivity contribution in [2.24, 2.45) is 0 Å². The minimum Gasteiger partial charge on any atom is -0.483 e. The molecule has 0 atom stereocenters. The highest BCUT2D eigenvalue weighted by Gasteiger charge is 2.15. The Bertz CT molecular complexity index is 1200. The van der Waals surface area contributed by atoms with E-state index in [1.165, 1.54) is 0 Å². The predicted molar refractivity (Wildman–Crippen MR) is 116 cm³/mol. The molecule has 5 nitrogen and oxygen atoms in total. The number of aldehydes is 1. The largest absolute Gasteiger partial charge is 0.483 e. The van der Waals surface area contributed by atoms with Gasteiger partial charge in [-0.15, -0.1) is 0 Å². The van der Waals surface area contributed by atoms with Gasteiger partial charge >= 0.3 is 0 Å². The molecule has 0 saturated carbocycles. The van der Waals surface area contributed by atoms with Gasteiger partial charge in [0.15, 0.2) is 6.61 Å². The molecule has 6 heteroatoms. The lowest BCUT2D eigenvalue weighted by atomic mass is 9.96. The second kappa shape index (κ2) is 8.51. The summed E-state index contributed by atoms with van der Waals surface area (Å²) in [4.78, 5) is 15.2. The Morgan fingerprint density at radius 3 is 2.57 bits per heavy atom. The van der Waals surface area contributed by atoms with Crippen LogP contribution in [0.2, 0.25) is 5.02 Å². The number of aromatic nitrogens is 2. The van der Waals surface area contributed by atoms with Crippen LogP contribution in [0.1, 0.15) is 27.4 Å². The van der Waals surface area contributed by atoms with E-state index >= 15 is 0 Å². The first-order valence-electron chi connectivity index (χ1n) is 9.42. The maximum Gasteiger partial charge on any atom is 0.264 e. The first-order chi connectivity index (χ1) is 14.5. The van der Waals surface area contributed by atoms with Crippen LogP contribution in [0.25, 0.3) is 22.5 Å². The lowest BCUT2D eigenvalue weighted by molar-refractivity contribution is 0.112. The van der Waals surface area contributed by atoms with Crippen molar-refractivity contribution in [2.75, 3.05) is 0 Å². The molecule has 4 rings (SSSR count). The van der Waals surface area contributed by atoms with Gasteiger partial charge in [0.05, 0.1) is 0 Å². The van der Waals surface area contributed by atoms with Crippen LogP contribution in [0.3, 0.4) is 0 Å². The number of aryl methyl sites for hydroxylation is 1. The van der Waals surface area contributed by atoms with Crippen molar-refractivity contribution in [3.63, 3.8) is 0 Å². The Morgan fingerprint density at radius 2 is 1.83 bits per heavy atom. The molecule has 0 aliphatic heterocycles.